The third kappa shape index (κ3) is 4.78. The van der Waals surface area contributed by atoms with Crippen LogP contribution in [0, 0.1) is 6.92 Å². The predicted octanol–water partition coefficient (Wildman–Crippen LogP) is 3.77. The number of hydrogen-bond donors (Lipinski definition) is 2. The highest BCUT2D eigenvalue weighted by atomic mass is 32.2. The van der Waals surface area contributed by atoms with E-state index >= 15 is 0 Å². The number of para-hydroxylation sites is 1. The van der Waals surface area contributed by atoms with Crippen LogP contribution in [0.15, 0.2) is 47.4 Å². The Kier molecular flexibility index (Phi) is 6.23. The molecule has 0 unspecified atom stereocenters. The van der Waals surface area contributed by atoms with Gasteiger partial charge in [0.05, 0.1) is 11.5 Å². The normalized spacial score (nSPS) is 15.1. The fraction of sp³-hybridized carbons (Fsp3) is 0.190. The quantitative estimate of drug-likeness (QED) is 0.701. The molecule has 0 spiro atoms. The Labute approximate surface area is 172 Å². The summed E-state index contributed by atoms with van der Waals surface area (Å²) >= 11 is 0.767. The van der Waals surface area contributed by atoms with Crippen LogP contribution in [0.4, 0.5) is 10.5 Å². The lowest BCUT2D eigenvalue weighted by atomic mass is 10.2. The molecule has 1 fully saturated rings. The summed E-state index contributed by atoms with van der Waals surface area (Å²) in [6, 6.07) is 11.9. The van der Waals surface area contributed by atoms with Gasteiger partial charge in [0.1, 0.15) is 6.54 Å². The number of carbonyl (C=O) groups excluding carboxylic acids is 3. The Morgan fingerprint density at radius 1 is 1.24 bits per heavy atom. The lowest BCUT2D eigenvalue weighted by Crippen LogP contribution is -2.36. The second-order valence-corrected chi connectivity index (χ2v) is 7.28. The first-order valence-electron chi connectivity index (χ1n) is 8.95. The molecule has 1 heterocycles. The minimum atomic E-state index is -0.536. The van der Waals surface area contributed by atoms with Crippen LogP contribution in [0.25, 0.3) is 6.08 Å². The number of anilines is 1. The number of phenols is 1. The van der Waals surface area contributed by atoms with Crippen molar-refractivity contribution in [3.8, 4) is 11.5 Å². The molecule has 150 valence electrons. The van der Waals surface area contributed by atoms with Gasteiger partial charge in [-0.3, -0.25) is 19.3 Å². The molecule has 2 aromatic carbocycles. The van der Waals surface area contributed by atoms with Crippen LogP contribution in [-0.2, 0) is 9.59 Å². The van der Waals surface area contributed by atoms with Gasteiger partial charge in [0, 0.05) is 5.69 Å². The molecule has 8 heteroatoms. The summed E-state index contributed by atoms with van der Waals surface area (Å²) in [7, 11) is 0. The summed E-state index contributed by atoms with van der Waals surface area (Å²) in [6.45, 7) is 3.66. The number of thioether (sulfide) groups is 1. The van der Waals surface area contributed by atoms with Gasteiger partial charge in [0.15, 0.2) is 11.5 Å². The van der Waals surface area contributed by atoms with Crippen LogP contribution < -0.4 is 10.1 Å². The van der Waals surface area contributed by atoms with E-state index in [4.69, 9.17) is 4.74 Å². The Morgan fingerprint density at radius 2 is 2.00 bits per heavy atom. The second-order valence-electron chi connectivity index (χ2n) is 6.29. The number of imide groups is 1. The summed E-state index contributed by atoms with van der Waals surface area (Å²) in [5, 5.41) is 12.0. The molecule has 7 nitrogen and oxygen atoms in total. The van der Waals surface area contributed by atoms with Crippen molar-refractivity contribution in [1.82, 2.24) is 4.90 Å². The summed E-state index contributed by atoms with van der Waals surface area (Å²) in [5.41, 5.74) is 2.11. The van der Waals surface area contributed by atoms with Crippen molar-refractivity contribution in [3.05, 3.63) is 58.5 Å². The number of rotatable bonds is 6. The van der Waals surface area contributed by atoms with E-state index in [2.05, 4.69) is 5.32 Å². The second kappa shape index (κ2) is 8.83. The molecule has 0 radical (unpaired) electrons. The molecule has 29 heavy (non-hydrogen) atoms. The van der Waals surface area contributed by atoms with Gasteiger partial charge in [-0.15, -0.1) is 0 Å². The molecule has 1 saturated heterocycles. The highest BCUT2D eigenvalue weighted by Crippen LogP contribution is 2.34. The SMILES string of the molecule is CCOc1cc(/C=C2/SC(=O)N(CC(=O)Nc3ccccc3C)C2=O)ccc1O. The largest absolute Gasteiger partial charge is 0.504 e. The Balaban J connectivity index is 1.72. The topological polar surface area (TPSA) is 95.9 Å². The first kappa shape index (κ1) is 20.5. The molecule has 1 aliphatic rings. The highest BCUT2D eigenvalue weighted by Gasteiger charge is 2.36. The molecule has 0 saturated carbocycles. The fourth-order valence-corrected chi connectivity index (χ4v) is 3.56. The standard InChI is InChI=1S/C21H20N2O5S/c1-3-28-17-10-14(8-9-16(17)24)11-18-20(26)23(21(27)29-18)12-19(25)22-15-7-5-4-6-13(15)2/h4-11,24H,3,12H2,1-2H3,(H,22,25)/b18-11+. The summed E-state index contributed by atoms with van der Waals surface area (Å²) in [5.74, 6) is -0.708. The van der Waals surface area contributed by atoms with Crippen LogP contribution in [0.5, 0.6) is 11.5 Å². The molecular weight excluding hydrogens is 392 g/mol. The van der Waals surface area contributed by atoms with Gasteiger partial charge >= 0.3 is 0 Å². The number of ether oxygens (including phenoxy) is 1. The fourth-order valence-electron chi connectivity index (χ4n) is 2.73. The maximum Gasteiger partial charge on any atom is 0.294 e. The number of nitrogens with zero attached hydrogens (tertiary/aromatic N) is 1. The molecule has 0 aliphatic carbocycles. The van der Waals surface area contributed by atoms with Crippen LogP contribution in [0.2, 0.25) is 0 Å². The average molecular weight is 412 g/mol. The van der Waals surface area contributed by atoms with Crippen molar-refractivity contribution in [2.75, 3.05) is 18.5 Å². The lowest BCUT2D eigenvalue weighted by Gasteiger charge is -2.13. The van der Waals surface area contributed by atoms with Gasteiger partial charge in [-0.25, -0.2) is 0 Å². The molecular formula is C21H20N2O5S. The van der Waals surface area contributed by atoms with Gasteiger partial charge in [0.25, 0.3) is 11.1 Å². The number of aromatic hydroxyl groups is 1. The van der Waals surface area contributed by atoms with Gasteiger partial charge < -0.3 is 15.2 Å². The van der Waals surface area contributed by atoms with E-state index < -0.39 is 17.1 Å². The van der Waals surface area contributed by atoms with Crippen LogP contribution >= 0.6 is 11.8 Å². The number of amides is 3. The van der Waals surface area contributed by atoms with E-state index in [1.54, 1.807) is 31.2 Å². The Morgan fingerprint density at radius 3 is 2.72 bits per heavy atom. The molecule has 1 aliphatic heterocycles. The van der Waals surface area contributed by atoms with Crippen molar-refractivity contribution in [2.24, 2.45) is 0 Å². The first-order chi connectivity index (χ1) is 13.9. The third-order valence-electron chi connectivity index (χ3n) is 4.18. The molecule has 0 aromatic heterocycles. The lowest BCUT2D eigenvalue weighted by molar-refractivity contribution is -0.127. The van der Waals surface area contributed by atoms with Gasteiger partial charge in [0.2, 0.25) is 5.91 Å². The van der Waals surface area contributed by atoms with Gasteiger partial charge in [-0.2, -0.15) is 0 Å². The van der Waals surface area contributed by atoms with Gasteiger partial charge in [-0.05, 0) is 61.0 Å². The van der Waals surface area contributed by atoms with E-state index in [-0.39, 0.29) is 22.9 Å². The number of carbonyl (C=O) groups is 3. The number of phenolic OH excluding ortho intramolecular Hbond substituents is 1. The highest BCUT2D eigenvalue weighted by molar-refractivity contribution is 8.18. The molecule has 2 aromatic rings. The Bertz CT molecular complexity index is 1000. The zero-order valence-corrected chi connectivity index (χ0v) is 16.8. The van der Waals surface area contributed by atoms with Crippen molar-refractivity contribution < 1.29 is 24.2 Å². The Hall–Kier alpha value is -3.26. The van der Waals surface area contributed by atoms with Crippen molar-refractivity contribution in [3.63, 3.8) is 0 Å². The average Bonchev–Trinajstić information content (AvgIpc) is 2.94. The number of nitrogens with one attached hydrogen (secondary N) is 1. The minimum Gasteiger partial charge on any atom is -0.504 e. The monoisotopic (exact) mass is 412 g/mol. The summed E-state index contributed by atoms with van der Waals surface area (Å²) < 4.78 is 5.33. The van der Waals surface area contributed by atoms with E-state index in [0.29, 0.717) is 17.9 Å². The number of aryl methyl sites for hydroxylation is 1. The minimum absolute atomic E-state index is 0.00928. The smallest absolute Gasteiger partial charge is 0.294 e. The molecule has 3 rings (SSSR count). The number of hydrogen-bond acceptors (Lipinski definition) is 6. The predicted molar refractivity (Wildman–Crippen MR) is 112 cm³/mol. The van der Waals surface area contributed by atoms with E-state index in [1.807, 2.05) is 19.1 Å². The van der Waals surface area contributed by atoms with E-state index in [0.717, 1.165) is 22.2 Å². The van der Waals surface area contributed by atoms with Crippen LogP contribution in [-0.4, -0.2) is 40.2 Å². The number of benzene rings is 2. The molecule has 3 amide bonds. The first-order valence-corrected chi connectivity index (χ1v) is 9.77. The van der Waals surface area contributed by atoms with Crippen molar-refractivity contribution >= 4 is 40.6 Å². The van der Waals surface area contributed by atoms with E-state index in [1.165, 1.54) is 12.1 Å². The maximum absolute atomic E-state index is 12.6. The molecule has 0 atom stereocenters. The van der Waals surface area contributed by atoms with Crippen molar-refractivity contribution in [1.29, 1.82) is 0 Å². The molecule has 0 bridgehead atoms. The van der Waals surface area contributed by atoms with Crippen LogP contribution in [0.1, 0.15) is 18.1 Å². The zero-order chi connectivity index (χ0) is 21.0. The van der Waals surface area contributed by atoms with Crippen molar-refractivity contribution in [2.45, 2.75) is 13.8 Å². The third-order valence-corrected chi connectivity index (χ3v) is 5.08. The maximum atomic E-state index is 12.6. The van der Waals surface area contributed by atoms with E-state index in [9.17, 15) is 19.5 Å². The van der Waals surface area contributed by atoms with Crippen LogP contribution in [0.3, 0.4) is 0 Å². The summed E-state index contributed by atoms with van der Waals surface area (Å²) in [4.78, 5) is 38.3. The van der Waals surface area contributed by atoms with Gasteiger partial charge in [-0.1, -0.05) is 24.3 Å². The zero-order valence-electron chi connectivity index (χ0n) is 16.0. The summed E-state index contributed by atoms with van der Waals surface area (Å²) in [6.07, 6.45) is 1.53. The molecule has 2 N–H and O–H groups in total.